The van der Waals surface area contributed by atoms with Crippen LogP contribution in [-0.4, -0.2) is 76.2 Å². The van der Waals surface area contributed by atoms with E-state index < -0.39 is 22.5 Å². The number of morpholine rings is 1. The molecule has 36 heavy (non-hydrogen) atoms. The number of amides is 3. The van der Waals surface area contributed by atoms with Gasteiger partial charge in [-0.15, -0.1) is 0 Å². The summed E-state index contributed by atoms with van der Waals surface area (Å²) in [6, 6.07) is 12.6. The number of rotatable bonds is 9. The topological polar surface area (TPSA) is 125 Å². The molecule has 1 aliphatic heterocycles. The van der Waals surface area contributed by atoms with Crippen molar-refractivity contribution >= 4 is 39.1 Å². The van der Waals surface area contributed by atoms with E-state index >= 15 is 0 Å². The van der Waals surface area contributed by atoms with Crippen molar-refractivity contribution < 1.29 is 27.5 Å². The maximum absolute atomic E-state index is 12.9. The lowest BCUT2D eigenvalue weighted by Gasteiger charge is -2.27. The molecule has 1 atom stereocenters. The summed E-state index contributed by atoms with van der Waals surface area (Å²) in [5.41, 5.74) is 1.22. The van der Waals surface area contributed by atoms with Gasteiger partial charge in [0.2, 0.25) is 15.9 Å². The van der Waals surface area contributed by atoms with Crippen LogP contribution in [0.25, 0.3) is 0 Å². The van der Waals surface area contributed by atoms with Crippen LogP contribution >= 0.6 is 0 Å². The number of anilines is 2. The molecule has 194 valence electrons. The first kappa shape index (κ1) is 27.2. The summed E-state index contributed by atoms with van der Waals surface area (Å²) in [6.07, 6.45) is 1.75. The number of carbonyl (C=O) groups is 3. The molecule has 2 aromatic rings. The SMILES string of the molecule is CCC(C)NC(=O)c1ccccc1NC(=O)CN(c1ccc(C(=O)N2CCOCC2)cc1)S(C)(=O)=O. The Hall–Kier alpha value is -3.44. The van der Waals surface area contributed by atoms with Gasteiger partial charge in [0, 0.05) is 24.7 Å². The minimum Gasteiger partial charge on any atom is -0.378 e. The highest BCUT2D eigenvalue weighted by Gasteiger charge is 2.24. The van der Waals surface area contributed by atoms with E-state index in [4.69, 9.17) is 4.74 Å². The largest absolute Gasteiger partial charge is 0.378 e. The van der Waals surface area contributed by atoms with Gasteiger partial charge in [0.25, 0.3) is 11.8 Å². The van der Waals surface area contributed by atoms with Gasteiger partial charge >= 0.3 is 0 Å². The van der Waals surface area contributed by atoms with E-state index in [1.165, 1.54) is 24.3 Å². The standard InChI is InChI=1S/C25H32N4O6S/c1-4-18(2)26-24(31)21-7-5-6-8-22(21)27-23(30)17-29(36(3,33)34)20-11-9-19(10-12-20)25(32)28-13-15-35-16-14-28/h5-12,18H,4,13-17H2,1-3H3,(H,26,31)(H,27,30). The van der Waals surface area contributed by atoms with Gasteiger partial charge in [-0.3, -0.25) is 18.7 Å². The molecule has 1 saturated heterocycles. The molecule has 0 bridgehead atoms. The molecule has 0 radical (unpaired) electrons. The first-order valence-corrected chi connectivity index (χ1v) is 13.6. The van der Waals surface area contributed by atoms with E-state index in [2.05, 4.69) is 10.6 Å². The molecular formula is C25H32N4O6S. The molecule has 1 fully saturated rings. The van der Waals surface area contributed by atoms with Gasteiger partial charge in [0.1, 0.15) is 6.54 Å². The smallest absolute Gasteiger partial charge is 0.254 e. The van der Waals surface area contributed by atoms with E-state index in [1.54, 1.807) is 29.2 Å². The van der Waals surface area contributed by atoms with Crippen LogP contribution in [0.5, 0.6) is 0 Å². The number of ether oxygens (including phenoxy) is 1. The minimum absolute atomic E-state index is 0.0416. The second-order valence-corrected chi connectivity index (χ2v) is 10.5. The third-order valence-electron chi connectivity index (χ3n) is 5.82. The summed E-state index contributed by atoms with van der Waals surface area (Å²) in [5.74, 6) is -1.11. The molecule has 1 aliphatic rings. The van der Waals surface area contributed by atoms with Crippen molar-refractivity contribution in [2.45, 2.75) is 26.3 Å². The summed E-state index contributed by atoms with van der Waals surface area (Å²) in [6.45, 7) is 5.26. The lowest BCUT2D eigenvalue weighted by molar-refractivity contribution is -0.114. The Bertz CT molecular complexity index is 1190. The average molecular weight is 517 g/mol. The number of sulfonamides is 1. The number of nitrogens with one attached hydrogen (secondary N) is 2. The highest BCUT2D eigenvalue weighted by molar-refractivity contribution is 7.92. The van der Waals surface area contributed by atoms with Crippen molar-refractivity contribution in [3.8, 4) is 0 Å². The highest BCUT2D eigenvalue weighted by Crippen LogP contribution is 2.21. The van der Waals surface area contributed by atoms with Gasteiger partial charge in [-0.1, -0.05) is 19.1 Å². The molecule has 3 rings (SSSR count). The van der Waals surface area contributed by atoms with Crippen LogP contribution in [0.4, 0.5) is 11.4 Å². The predicted molar refractivity (Wildman–Crippen MR) is 138 cm³/mol. The number of carbonyl (C=O) groups excluding carboxylic acids is 3. The minimum atomic E-state index is -3.82. The van der Waals surface area contributed by atoms with Crippen LogP contribution in [0.1, 0.15) is 41.0 Å². The maximum Gasteiger partial charge on any atom is 0.254 e. The molecule has 0 aromatic heterocycles. The van der Waals surface area contributed by atoms with E-state index in [0.29, 0.717) is 31.9 Å². The average Bonchev–Trinajstić information content (AvgIpc) is 2.87. The first-order valence-electron chi connectivity index (χ1n) is 11.7. The molecule has 10 nitrogen and oxygen atoms in total. The fourth-order valence-corrected chi connectivity index (χ4v) is 4.49. The molecule has 2 N–H and O–H groups in total. The molecule has 1 heterocycles. The van der Waals surface area contributed by atoms with E-state index in [0.717, 1.165) is 17.0 Å². The van der Waals surface area contributed by atoms with Crippen molar-refractivity contribution in [1.82, 2.24) is 10.2 Å². The van der Waals surface area contributed by atoms with Crippen LogP contribution in [-0.2, 0) is 19.6 Å². The number of hydrogen-bond acceptors (Lipinski definition) is 6. The Kier molecular flexibility index (Phi) is 9.05. The molecular weight excluding hydrogens is 484 g/mol. The van der Waals surface area contributed by atoms with Gasteiger partial charge in [-0.05, 0) is 49.7 Å². The second kappa shape index (κ2) is 12.0. The second-order valence-electron chi connectivity index (χ2n) is 8.60. The molecule has 1 unspecified atom stereocenters. The molecule has 11 heteroatoms. The van der Waals surface area contributed by atoms with Crippen molar-refractivity contribution in [3.63, 3.8) is 0 Å². The normalized spacial score (nSPS) is 14.6. The molecule has 3 amide bonds. The number of para-hydroxylation sites is 1. The lowest BCUT2D eigenvalue weighted by atomic mass is 10.1. The van der Waals surface area contributed by atoms with Crippen LogP contribution in [0.3, 0.4) is 0 Å². The summed E-state index contributed by atoms with van der Waals surface area (Å²) in [4.78, 5) is 39.8. The van der Waals surface area contributed by atoms with Gasteiger partial charge < -0.3 is 20.3 Å². The van der Waals surface area contributed by atoms with Crippen LogP contribution in [0.15, 0.2) is 48.5 Å². The summed E-state index contributed by atoms with van der Waals surface area (Å²) < 4.78 is 31.2. The third kappa shape index (κ3) is 7.05. The lowest BCUT2D eigenvalue weighted by Crippen LogP contribution is -2.40. The summed E-state index contributed by atoms with van der Waals surface area (Å²) in [7, 11) is -3.82. The Labute approximate surface area is 211 Å². The summed E-state index contributed by atoms with van der Waals surface area (Å²) in [5, 5.41) is 5.50. The predicted octanol–water partition coefficient (Wildman–Crippen LogP) is 2.09. The van der Waals surface area contributed by atoms with E-state index in [9.17, 15) is 22.8 Å². The third-order valence-corrected chi connectivity index (χ3v) is 6.96. The van der Waals surface area contributed by atoms with Gasteiger partial charge in [-0.2, -0.15) is 0 Å². The first-order chi connectivity index (χ1) is 17.1. The van der Waals surface area contributed by atoms with Crippen molar-refractivity contribution in [1.29, 1.82) is 0 Å². The number of hydrogen-bond donors (Lipinski definition) is 2. The van der Waals surface area contributed by atoms with Crippen molar-refractivity contribution in [2.24, 2.45) is 0 Å². The van der Waals surface area contributed by atoms with Gasteiger partial charge in [-0.25, -0.2) is 8.42 Å². The zero-order valence-electron chi connectivity index (χ0n) is 20.7. The molecule has 0 aliphatic carbocycles. The fourth-order valence-electron chi connectivity index (χ4n) is 3.63. The zero-order valence-corrected chi connectivity index (χ0v) is 21.5. The van der Waals surface area contributed by atoms with Crippen LogP contribution in [0, 0.1) is 0 Å². The van der Waals surface area contributed by atoms with Gasteiger partial charge in [0.05, 0.1) is 36.4 Å². The zero-order chi connectivity index (χ0) is 26.3. The van der Waals surface area contributed by atoms with Crippen molar-refractivity contribution in [2.75, 3.05) is 48.7 Å². The van der Waals surface area contributed by atoms with E-state index in [1.807, 2.05) is 13.8 Å². The fraction of sp³-hybridized carbons (Fsp3) is 0.400. The quantitative estimate of drug-likeness (QED) is 0.526. The maximum atomic E-state index is 12.9. The Morgan fingerprint density at radius 3 is 2.31 bits per heavy atom. The molecule has 2 aromatic carbocycles. The van der Waals surface area contributed by atoms with E-state index in [-0.39, 0.29) is 34.8 Å². The monoisotopic (exact) mass is 516 g/mol. The Balaban J connectivity index is 1.74. The highest BCUT2D eigenvalue weighted by atomic mass is 32.2. The molecule has 0 saturated carbocycles. The summed E-state index contributed by atoms with van der Waals surface area (Å²) >= 11 is 0. The Morgan fingerprint density at radius 2 is 1.69 bits per heavy atom. The van der Waals surface area contributed by atoms with Crippen molar-refractivity contribution in [3.05, 3.63) is 59.7 Å². The van der Waals surface area contributed by atoms with Crippen LogP contribution < -0.4 is 14.9 Å². The number of benzene rings is 2. The number of nitrogens with zero attached hydrogens (tertiary/aromatic N) is 2. The molecule has 0 spiro atoms. The Morgan fingerprint density at radius 1 is 1.06 bits per heavy atom. The van der Waals surface area contributed by atoms with Gasteiger partial charge in [0.15, 0.2) is 0 Å². The van der Waals surface area contributed by atoms with Crippen LogP contribution in [0.2, 0.25) is 0 Å².